The molecule has 1 N–H and O–H groups in total. The van der Waals surface area contributed by atoms with E-state index in [2.05, 4.69) is 423 Å². The SMILES string of the molecule is Brc1ccc2c(c1)c1ccccc1n2-c1cccc(-c2cccc(-c3cccc(-c4ccccc4)c3)c2)c1.c1ccc(-c2cccc(-c3cccc(-c4cccc(-n5c6ccccc6c6cc(-n7c8ccccc8c8ccccc87)ccc65)c4)c3)c2)cc1.c1ccc2c(c1)[nH]c1ccccc12. The number of H-pyrrole nitrogens is 1. The van der Waals surface area contributed by atoms with Gasteiger partial charge in [0, 0.05) is 75.7 Å². The van der Waals surface area contributed by atoms with Gasteiger partial charge < -0.3 is 18.7 Å². The largest absolute Gasteiger partial charge is 0.355 e. The molecule has 5 heteroatoms. The number of para-hydroxylation sites is 6. The molecule has 4 nitrogen and oxygen atoms in total. The normalized spacial score (nSPS) is 11.4. The van der Waals surface area contributed by atoms with Crippen LogP contribution in [0.25, 0.3) is 171 Å². The average molecular weight is 1350 g/mol. The number of aromatic nitrogens is 4. The molecule has 4 heterocycles. The number of nitrogens with one attached hydrogen (secondary N) is 1. The van der Waals surface area contributed by atoms with Crippen molar-refractivity contribution in [1.82, 2.24) is 18.7 Å². The van der Waals surface area contributed by atoms with Crippen molar-refractivity contribution in [2.75, 3.05) is 0 Å². The predicted octanol–water partition coefficient (Wildman–Crippen LogP) is 26.8. The summed E-state index contributed by atoms with van der Waals surface area (Å²) >= 11 is 3.66. The van der Waals surface area contributed by atoms with E-state index in [0.717, 1.165) is 15.8 Å². The molecular weight excluding hydrogens is 1290 g/mol. The van der Waals surface area contributed by atoms with Crippen LogP contribution >= 0.6 is 15.9 Å². The van der Waals surface area contributed by atoms with Gasteiger partial charge in [-0.2, -0.15) is 0 Å². The highest BCUT2D eigenvalue weighted by molar-refractivity contribution is 9.10. The quantitative estimate of drug-likeness (QED) is 0.149. The molecule has 0 bridgehead atoms. The molecule has 0 aliphatic carbocycles. The molecule has 0 atom stereocenters. The van der Waals surface area contributed by atoms with Crippen molar-refractivity contribution in [2.45, 2.75) is 0 Å². The third kappa shape index (κ3) is 11.4. The monoisotopic (exact) mass is 1350 g/mol. The fourth-order valence-electron chi connectivity index (χ4n) is 15.0. The highest BCUT2D eigenvalue weighted by Crippen LogP contribution is 2.41. The molecule has 4 aromatic heterocycles. The molecule has 0 radical (unpaired) electrons. The molecule has 0 unspecified atom stereocenters. The zero-order valence-corrected chi connectivity index (χ0v) is 56.8. The van der Waals surface area contributed by atoms with E-state index in [1.165, 1.54) is 160 Å². The number of nitrogens with zero attached hydrogens (tertiary/aromatic N) is 3. The lowest BCUT2D eigenvalue weighted by atomic mass is 9.96. The Bertz CT molecular complexity index is 6380. The van der Waals surface area contributed by atoms with Gasteiger partial charge in [0.15, 0.2) is 0 Å². The van der Waals surface area contributed by atoms with Crippen LogP contribution in [0.15, 0.2) is 393 Å². The van der Waals surface area contributed by atoms with E-state index in [-0.39, 0.29) is 0 Å². The van der Waals surface area contributed by atoms with E-state index < -0.39 is 0 Å². The third-order valence-electron chi connectivity index (χ3n) is 19.7. The van der Waals surface area contributed by atoms with Crippen LogP contribution in [0.1, 0.15) is 0 Å². The zero-order chi connectivity index (χ0) is 67.2. The van der Waals surface area contributed by atoms with Crippen molar-refractivity contribution in [2.24, 2.45) is 0 Å². The maximum atomic E-state index is 3.66. The van der Waals surface area contributed by atoms with Gasteiger partial charge in [0.05, 0.1) is 33.1 Å². The van der Waals surface area contributed by atoms with E-state index >= 15 is 0 Å². The van der Waals surface area contributed by atoms with Crippen molar-refractivity contribution >= 4 is 103 Å². The number of halogens is 1. The lowest BCUT2D eigenvalue weighted by Crippen LogP contribution is -1.96. The first-order valence-electron chi connectivity index (χ1n) is 34.4. The third-order valence-corrected chi connectivity index (χ3v) is 20.2. The van der Waals surface area contributed by atoms with Gasteiger partial charge in [0.2, 0.25) is 0 Å². The van der Waals surface area contributed by atoms with E-state index in [1.807, 2.05) is 0 Å². The van der Waals surface area contributed by atoms with Crippen LogP contribution in [0.3, 0.4) is 0 Å². The molecule has 0 saturated carbocycles. The van der Waals surface area contributed by atoms with Gasteiger partial charge in [-0.25, -0.2) is 0 Å². The summed E-state index contributed by atoms with van der Waals surface area (Å²) in [6.45, 7) is 0. The van der Waals surface area contributed by atoms with Crippen molar-refractivity contribution in [3.8, 4) is 83.8 Å². The van der Waals surface area contributed by atoms with Crippen LogP contribution < -0.4 is 0 Å². The molecule has 101 heavy (non-hydrogen) atoms. The van der Waals surface area contributed by atoms with Crippen LogP contribution in [0.5, 0.6) is 0 Å². The van der Waals surface area contributed by atoms with Gasteiger partial charge in [-0.1, -0.05) is 283 Å². The second-order valence-electron chi connectivity index (χ2n) is 25.8. The maximum Gasteiger partial charge on any atom is 0.0542 e. The van der Waals surface area contributed by atoms with Crippen molar-refractivity contribution in [3.63, 3.8) is 0 Å². The molecule has 0 fully saturated rings. The predicted molar refractivity (Wildman–Crippen MR) is 432 cm³/mol. The average Bonchev–Trinajstić information content (AvgIpc) is 1.59. The van der Waals surface area contributed by atoms with Gasteiger partial charge in [-0.3, -0.25) is 0 Å². The van der Waals surface area contributed by atoms with Crippen LogP contribution in [0, 0.1) is 0 Å². The molecule has 0 aliphatic heterocycles. The summed E-state index contributed by atoms with van der Waals surface area (Å²) in [6, 6.07) is 139. The molecule has 20 rings (SSSR count). The lowest BCUT2D eigenvalue weighted by Gasteiger charge is -2.12. The number of fused-ring (bicyclic) bond motifs is 12. The minimum Gasteiger partial charge on any atom is -0.355 e. The minimum absolute atomic E-state index is 1.09. The van der Waals surface area contributed by atoms with Crippen molar-refractivity contribution in [1.29, 1.82) is 0 Å². The summed E-state index contributed by atoms with van der Waals surface area (Å²) in [7, 11) is 0. The minimum atomic E-state index is 1.09. The van der Waals surface area contributed by atoms with Crippen LogP contribution in [-0.4, -0.2) is 18.7 Å². The number of benzene rings is 16. The fourth-order valence-corrected chi connectivity index (χ4v) is 15.4. The molecule has 20 aromatic rings. The van der Waals surface area contributed by atoms with Crippen molar-refractivity contribution < 1.29 is 0 Å². The number of hydrogen-bond acceptors (Lipinski definition) is 0. The van der Waals surface area contributed by atoms with Gasteiger partial charge in [0.1, 0.15) is 0 Å². The molecule has 0 aliphatic rings. The maximum absolute atomic E-state index is 3.66. The summed E-state index contributed by atoms with van der Waals surface area (Å²) in [4.78, 5) is 3.38. The number of aromatic amines is 1. The Balaban J connectivity index is 0.000000126. The smallest absolute Gasteiger partial charge is 0.0542 e. The van der Waals surface area contributed by atoms with E-state index in [0.29, 0.717) is 0 Å². The number of hydrogen-bond donors (Lipinski definition) is 1. The Morgan fingerprint density at radius 3 is 0.812 bits per heavy atom. The number of rotatable bonds is 9. The Hall–Kier alpha value is -12.8. The van der Waals surface area contributed by atoms with E-state index in [4.69, 9.17) is 0 Å². The summed E-state index contributed by atoms with van der Waals surface area (Å²) in [5, 5.41) is 10.2. The van der Waals surface area contributed by atoms with E-state index in [9.17, 15) is 0 Å². The standard InChI is InChI=1S/C48H32N2.C36H24BrN.C12H9N/c1-2-13-33(14-3-1)34-15-10-16-35(29-34)36-17-11-18-37(30-36)38-19-12-20-39(31-38)49-47-26-9-6-23-43(47)44-32-40(27-28-48(44)49)50-45-24-7-4-21-41(45)42-22-5-8-25-46(42)50;37-31-19-20-36-34(24-31)33-17-4-5-18-35(33)38(36)32-16-8-15-30(23-32)29-14-7-13-28(22-29)27-12-6-11-26(21-27)25-9-2-1-3-10-25;1-3-7-11-9(5-1)10-6-2-4-8-12(10)13-11/h1-32H;1-24H;1-8,13H. The zero-order valence-electron chi connectivity index (χ0n) is 55.2. The van der Waals surface area contributed by atoms with Gasteiger partial charge >= 0.3 is 0 Å². The lowest BCUT2D eigenvalue weighted by molar-refractivity contribution is 1.17. The topological polar surface area (TPSA) is 30.6 Å². The first-order chi connectivity index (χ1) is 50.0. The summed E-state index contributed by atoms with van der Waals surface area (Å²) in [6.07, 6.45) is 0. The first kappa shape index (κ1) is 60.6. The molecule has 0 amide bonds. The highest BCUT2D eigenvalue weighted by atomic mass is 79.9. The summed E-state index contributed by atoms with van der Waals surface area (Å²) in [5.74, 6) is 0. The molecule has 16 aromatic carbocycles. The first-order valence-corrected chi connectivity index (χ1v) is 35.2. The Kier molecular flexibility index (Phi) is 15.7. The molecule has 0 saturated heterocycles. The van der Waals surface area contributed by atoms with Crippen LogP contribution in [0.2, 0.25) is 0 Å². The fraction of sp³-hybridized carbons (Fsp3) is 0. The summed E-state index contributed by atoms with van der Waals surface area (Å²) < 4.78 is 8.28. The molecule has 476 valence electrons. The van der Waals surface area contributed by atoms with Crippen molar-refractivity contribution in [3.05, 3.63) is 393 Å². The van der Waals surface area contributed by atoms with Gasteiger partial charge in [0.25, 0.3) is 0 Å². The van der Waals surface area contributed by atoms with Crippen LogP contribution in [0.4, 0.5) is 0 Å². The highest BCUT2D eigenvalue weighted by Gasteiger charge is 2.19. The Morgan fingerprint density at radius 2 is 0.426 bits per heavy atom. The molecular formula is C96H65BrN4. The van der Waals surface area contributed by atoms with Gasteiger partial charge in [-0.15, -0.1) is 0 Å². The van der Waals surface area contributed by atoms with E-state index in [1.54, 1.807) is 0 Å². The Labute approximate surface area is 594 Å². The molecule has 0 spiro atoms. The second kappa shape index (κ2) is 26.2. The Morgan fingerprint density at radius 1 is 0.168 bits per heavy atom. The van der Waals surface area contributed by atoms with Gasteiger partial charge in [-0.05, 0) is 188 Å². The summed E-state index contributed by atoms with van der Waals surface area (Å²) in [5.41, 5.74) is 27.7. The second-order valence-corrected chi connectivity index (χ2v) is 26.7. The van der Waals surface area contributed by atoms with Crippen LogP contribution in [-0.2, 0) is 0 Å².